The van der Waals surface area contributed by atoms with Gasteiger partial charge in [-0.1, -0.05) is 12.1 Å². The van der Waals surface area contributed by atoms with Crippen LogP contribution in [0.5, 0.6) is 5.88 Å². The van der Waals surface area contributed by atoms with Crippen molar-refractivity contribution in [1.29, 1.82) is 0 Å². The molecule has 6 nitrogen and oxygen atoms in total. The molecule has 3 aromatic heterocycles. The van der Waals surface area contributed by atoms with Gasteiger partial charge in [0.2, 0.25) is 5.88 Å². The van der Waals surface area contributed by atoms with Gasteiger partial charge in [-0.25, -0.2) is 4.98 Å². The second-order valence-corrected chi connectivity index (χ2v) is 8.19. The highest BCUT2D eigenvalue weighted by Gasteiger charge is 2.40. The van der Waals surface area contributed by atoms with Crippen LogP contribution in [0.1, 0.15) is 49.1 Å². The summed E-state index contributed by atoms with van der Waals surface area (Å²) in [5, 5.41) is 10.2. The van der Waals surface area contributed by atoms with Crippen molar-refractivity contribution >= 4 is 0 Å². The number of rotatable bonds is 6. The number of aromatic nitrogens is 4. The smallest absolute Gasteiger partial charge is 0.224 e. The molecule has 29 heavy (non-hydrogen) atoms. The van der Waals surface area contributed by atoms with Crippen LogP contribution in [-0.4, -0.2) is 31.6 Å². The summed E-state index contributed by atoms with van der Waals surface area (Å²) in [4.78, 5) is 17.9. The van der Waals surface area contributed by atoms with Crippen molar-refractivity contribution < 1.29 is 9.84 Å². The first kappa shape index (κ1) is 19.5. The van der Waals surface area contributed by atoms with Gasteiger partial charge in [-0.3, -0.25) is 9.97 Å². The molecule has 1 fully saturated rings. The summed E-state index contributed by atoms with van der Waals surface area (Å²) in [6, 6.07) is 9.82. The van der Waals surface area contributed by atoms with Crippen molar-refractivity contribution in [2.75, 3.05) is 6.61 Å². The standard InChI is InChI=1S/C23H26N4O2/c1-14-17(8-9-21(26-14)23(3,4)28)19-12-25-15(2)27-22(19)29-13-16-11-18(16)20-7-5-6-10-24-20/h5-10,12,16,18,28H,11,13H2,1-4H3/t16-,18+/m1/s1. The molecule has 6 heteroatoms. The van der Waals surface area contributed by atoms with Gasteiger partial charge in [0.05, 0.1) is 17.9 Å². The number of aliphatic hydroxyl groups is 1. The first-order valence-electron chi connectivity index (χ1n) is 9.91. The van der Waals surface area contributed by atoms with Gasteiger partial charge in [0.1, 0.15) is 11.4 Å². The highest BCUT2D eigenvalue weighted by molar-refractivity contribution is 5.69. The first-order chi connectivity index (χ1) is 13.8. The molecule has 1 N–H and O–H groups in total. The van der Waals surface area contributed by atoms with Gasteiger partial charge < -0.3 is 9.84 Å². The molecule has 3 aromatic rings. The Labute approximate surface area is 171 Å². The molecule has 0 spiro atoms. The van der Waals surface area contributed by atoms with E-state index in [1.165, 1.54) is 0 Å². The van der Waals surface area contributed by atoms with E-state index >= 15 is 0 Å². The molecule has 0 aromatic carbocycles. The third-order valence-corrected chi connectivity index (χ3v) is 5.30. The second kappa shape index (κ2) is 7.52. The third-order valence-electron chi connectivity index (χ3n) is 5.30. The molecule has 2 atom stereocenters. The zero-order chi connectivity index (χ0) is 20.6. The second-order valence-electron chi connectivity index (χ2n) is 8.19. The van der Waals surface area contributed by atoms with E-state index in [0.717, 1.165) is 28.9 Å². The van der Waals surface area contributed by atoms with Crippen LogP contribution in [0.25, 0.3) is 11.1 Å². The molecule has 1 aliphatic carbocycles. The Morgan fingerprint density at radius 3 is 2.59 bits per heavy atom. The molecule has 0 amide bonds. The van der Waals surface area contributed by atoms with Crippen molar-refractivity contribution in [3.05, 3.63) is 65.6 Å². The van der Waals surface area contributed by atoms with Crippen LogP contribution < -0.4 is 4.74 Å². The van der Waals surface area contributed by atoms with Gasteiger partial charge in [0, 0.05) is 41.2 Å². The SMILES string of the molecule is Cc1ncc(-c2ccc(C(C)(C)O)nc2C)c(OC[C@H]2C[C@@H]2c2ccccn2)n1. The lowest BCUT2D eigenvalue weighted by molar-refractivity contribution is 0.0737. The summed E-state index contributed by atoms with van der Waals surface area (Å²) < 4.78 is 6.14. The van der Waals surface area contributed by atoms with Crippen LogP contribution in [0.3, 0.4) is 0 Å². The van der Waals surface area contributed by atoms with Gasteiger partial charge in [-0.15, -0.1) is 0 Å². The zero-order valence-corrected chi connectivity index (χ0v) is 17.3. The Kier molecular flexibility index (Phi) is 5.04. The van der Waals surface area contributed by atoms with Crippen LogP contribution in [0, 0.1) is 19.8 Å². The topological polar surface area (TPSA) is 81.0 Å². The Balaban J connectivity index is 1.54. The minimum absolute atomic E-state index is 0.449. The average molecular weight is 390 g/mol. The van der Waals surface area contributed by atoms with Gasteiger partial charge in [-0.2, -0.15) is 4.98 Å². The molecule has 0 saturated heterocycles. The van der Waals surface area contributed by atoms with Gasteiger partial charge in [0.25, 0.3) is 0 Å². The molecule has 4 rings (SSSR count). The molecule has 0 radical (unpaired) electrons. The van der Waals surface area contributed by atoms with Crippen LogP contribution in [-0.2, 0) is 5.60 Å². The highest BCUT2D eigenvalue weighted by Crippen LogP contribution is 2.47. The maximum absolute atomic E-state index is 10.2. The van der Waals surface area contributed by atoms with Crippen molar-refractivity contribution in [3.63, 3.8) is 0 Å². The zero-order valence-electron chi connectivity index (χ0n) is 17.3. The molecular formula is C23H26N4O2. The summed E-state index contributed by atoms with van der Waals surface area (Å²) in [6.45, 7) is 7.83. The molecule has 0 unspecified atom stereocenters. The maximum atomic E-state index is 10.2. The number of nitrogens with zero attached hydrogens (tertiary/aromatic N) is 4. The number of ether oxygens (including phenoxy) is 1. The summed E-state index contributed by atoms with van der Waals surface area (Å²) in [5.74, 6) is 2.14. The van der Waals surface area contributed by atoms with E-state index in [1.807, 2.05) is 44.3 Å². The molecule has 1 saturated carbocycles. The maximum Gasteiger partial charge on any atom is 0.224 e. The van der Waals surface area contributed by atoms with Crippen molar-refractivity contribution in [2.24, 2.45) is 5.92 Å². The Morgan fingerprint density at radius 2 is 1.90 bits per heavy atom. The molecule has 3 heterocycles. The largest absolute Gasteiger partial charge is 0.477 e. The molecule has 0 aliphatic heterocycles. The van der Waals surface area contributed by atoms with Crippen LogP contribution in [0.2, 0.25) is 0 Å². The van der Waals surface area contributed by atoms with Gasteiger partial charge in [0.15, 0.2) is 0 Å². The van der Waals surface area contributed by atoms with Crippen LogP contribution >= 0.6 is 0 Å². The fourth-order valence-electron chi connectivity index (χ4n) is 3.51. The normalized spacial score (nSPS) is 18.5. The van der Waals surface area contributed by atoms with E-state index in [1.54, 1.807) is 20.0 Å². The third kappa shape index (κ3) is 4.27. The lowest BCUT2D eigenvalue weighted by Crippen LogP contribution is -2.18. The van der Waals surface area contributed by atoms with E-state index in [0.29, 0.717) is 35.8 Å². The van der Waals surface area contributed by atoms with E-state index in [4.69, 9.17) is 4.74 Å². The van der Waals surface area contributed by atoms with Gasteiger partial charge >= 0.3 is 0 Å². The average Bonchev–Trinajstić information content (AvgIpc) is 3.46. The summed E-state index contributed by atoms with van der Waals surface area (Å²) in [7, 11) is 0. The Morgan fingerprint density at radius 1 is 1.07 bits per heavy atom. The lowest BCUT2D eigenvalue weighted by atomic mass is 10.0. The van der Waals surface area contributed by atoms with E-state index in [9.17, 15) is 5.11 Å². The summed E-state index contributed by atoms with van der Waals surface area (Å²) in [5.41, 5.74) is 3.30. The fourth-order valence-corrected chi connectivity index (χ4v) is 3.51. The number of hydrogen-bond acceptors (Lipinski definition) is 6. The minimum Gasteiger partial charge on any atom is -0.477 e. The predicted octanol–water partition coefficient (Wildman–Crippen LogP) is 3.96. The number of pyridine rings is 2. The fraction of sp³-hybridized carbons (Fsp3) is 0.391. The summed E-state index contributed by atoms with van der Waals surface area (Å²) >= 11 is 0. The highest BCUT2D eigenvalue weighted by atomic mass is 16.5. The van der Waals surface area contributed by atoms with Crippen molar-refractivity contribution in [1.82, 2.24) is 19.9 Å². The van der Waals surface area contributed by atoms with Crippen LogP contribution in [0.4, 0.5) is 0 Å². The van der Waals surface area contributed by atoms with Crippen molar-refractivity contribution in [3.8, 4) is 17.0 Å². The summed E-state index contributed by atoms with van der Waals surface area (Å²) in [6.07, 6.45) is 4.70. The number of aryl methyl sites for hydroxylation is 2. The Hall–Kier alpha value is -2.86. The van der Waals surface area contributed by atoms with Crippen molar-refractivity contribution in [2.45, 2.75) is 45.6 Å². The molecule has 1 aliphatic rings. The predicted molar refractivity (Wildman–Crippen MR) is 111 cm³/mol. The van der Waals surface area contributed by atoms with Gasteiger partial charge in [-0.05, 0) is 52.3 Å². The van der Waals surface area contributed by atoms with E-state index in [-0.39, 0.29) is 0 Å². The quantitative estimate of drug-likeness (QED) is 0.686. The molecule has 0 bridgehead atoms. The monoisotopic (exact) mass is 390 g/mol. The Bertz CT molecular complexity index is 1020. The van der Waals surface area contributed by atoms with E-state index in [2.05, 4.69) is 26.0 Å². The van der Waals surface area contributed by atoms with Crippen LogP contribution in [0.15, 0.2) is 42.7 Å². The molecular weight excluding hydrogens is 364 g/mol. The number of hydrogen-bond donors (Lipinski definition) is 1. The lowest BCUT2D eigenvalue weighted by Gasteiger charge is -2.18. The minimum atomic E-state index is -0.987. The first-order valence-corrected chi connectivity index (χ1v) is 9.91. The van der Waals surface area contributed by atoms with E-state index < -0.39 is 5.60 Å². The molecule has 150 valence electrons.